The summed E-state index contributed by atoms with van der Waals surface area (Å²) in [5.41, 5.74) is 1.94. The van der Waals surface area contributed by atoms with E-state index >= 15 is 0 Å². The van der Waals surface area contributed by atoms with Crippen molar-refractivity contribution >= 4 is 29.4 Å². The van der Waals surface area contributed by atoms with Gasteiger partial charge in [-0.1, -0.05) is 70.6 Å². The summed E-state index contributed by atoms with van der Waals surface area (Å²) in [5, 5.41) is 3.43. The molecule has 6 heteroatoms. The van der Waals surface area contributed by atoms with Gasteiger partial charge in [-0.25, -0.2) is 0 Å². The van der Waals surface area contributed by atoms with Crippen molar-refractivity contribution in [3.8, 4) is 0 Å². The molecule has 1 saturated heterocycles. The molecule has 0 unspecified atom stereocenters. The lowest BCUT2D eigenvalue weighted by Crippen LogP contribution is -2.38. The van der Waals surface area contributed by atoms with Crippen LogP contribution < -0.4 is 5.32 Å². The van der Waals surface area contributed by atoms with Gasteiger partial charge in [0.25, 0.3) is 0 Å². The zero-order valence-electron chi connectivity index (χ0n) is 17.4. The minimum absolute atomic E-state index is 0.0542. The normalized spacial score (nSPS) is 16.1. The summed E-state index contributed by atoms with van der Waals surface area (Å²) in [6.45, 7) is 10.3. The maximum atomic E-state index is 12.3. The minimum Gasteiger partial charge on any atom is -0.354 e. The number of benzene rings is 1. The maximum Gasteiger partial charge on any atom is 0.240 e. The molecule has 5 nitrogen and oxygen atoms in total. The van der Waals surface area contributed by atoms with E-state index in [1.165, 1.54) is 28.3 Å². The first kappa shape index (κ1) is 22.2. The van der Waals surface area contributed by atoms with Crippen LogP contribution in [0.25, 0.3) is 0 Å². The molecular weight excluding hydrogens is 372 g/mol. The van der Waals surface area contributed by atoms with E-state index in [1.54, 1.807) is 0 Å². The van der Waals surface area contributed by atoms with E-state index in [2.05, 4.69) is 43.4 Å². The van der Waals surface area contributed by atoms with E-state index < -0.39 is 5.41 Å². The van der Waals surface area contributed by atoms with Crippen LogP contribution in [0.2, 0.25) is 0 Å². The zero-order chi connectivity index (χ0) is 20.9. The Bertz CT molecular complexity index is 761. The van der Waals surface area contributed by atoms with Crippen molar-refractivity contribution in [3.05, 3.63) is 46.5 Å². The quantitative estimate of drug-likeness (QED) is 0.709. The summed E-state index contributed by atoms with van der Waals surface area (Å²) in [7, 11) is 0. The van der Waals surface area contributed by atoms with Crippen molar-refractivity contribution in [2.75, 3.05) is 18.8 Å². The molecule has 1 aliphatic heterocycles. The predicted molar refractivity (Wildman–Crippen MR) is 114 cm³/mol. The summed E-state index contributed by atoms with van der Waals surface area (Å²) in [4.78, 5) is 38.0. The van der Waals surface area contributed by atoms with Crippen LogP contribution in [-0.2, 0) is 20.8 Å². The van der Waals surface area contributed by atoms with Crippen LogP contribution in [0.5, 0.6) is 0 Å². The lowest BCUT2D eigenvalue weighted by Gasteiger charge is -2.19. The summed E-state index contributed by atoms with van der Waals surface area (Å²) >= 11 is 1.31. The number of allylic oxidation sites excluding steroid dienone is 1. The van der Waals surface area contributed by atoms with Crippen molar-refractivity contribution in [2.24, 2.45) is 5.41 Å². The molecule has 0 aromatic heterocycles. The molecule has 1 aliphatic rings. The van der Waals surface area contributed by atoms with Crippen LogP contribution in [0.3, 0.4) is 0 Å². The number of ketones is 1. The Labute approximate surface area is 171 Å². The van der Waals surface area contributed by atoms with E-state index in [0.29, 0.717) is 17.5 Å². The number of rotatable bonds is 7. The highest BCUT2D eigenvalue weighted by Gasteiger charge is 2.30. The topological polar surface area (TPSA) is 66.5 Å². The van der Waals surface area contributed by atoms with Crippen LogP contribution >= 0.6 is 11.8 Å². The molecule has 1 aromatic rings. The van der Waals surface area contributed by atoms with Gasteiger partial charge in [0.1, 0.15) is 6.54 Å². The highest BCUT2D eigenvalue weighted by molar-refractivity contribution is 8.04. The molecule has 0 radical (unpaired) electrons. The van der Waals surface area contributed by atoms with E-state index in [0.717, 1.165) is 12.0 Å². The van der Waals surface area contributed by atoms with E-state index in [4.69, 9.17) is 0 Å². The first-order valence-electron chi connectivity index (χ1n) is 9.62. The molecule has 152 valence electrons. The number of hydrogen-bond donors (Lipinski definition) is 1. The minimum atomic E-state index is -0.516. The second-order valence-electron chi connectivity index (χ2n) is 8.36. The average molecular weight is 403 g/mol. The van der Waals surface area contributed by atoms with Gasteiger partial charge < -0.3 is 5.32 Å². The summed E-state index contributed by atoms with van der Waals surface area (Å²) in [6, 6.07) is 8.40. The van der Waals surface area contributed by atoms with Crippen molar-refractivity contribution in [3.63, 3.8) is 0 Å². The molecule has 1 fully saturated rings. The second-order valence-corrected chi connectivity index (χ2v) is 9.36. The predicted octanol–water partition coefficient (Wildman–Crippen LogP) is 3.50. The van der Waals surface area contributed by atoms with E-state index in [9.17, 15) is 14.4 Å². The van der Waals surface area contributed by atoms with Crippen LogP contribution in [0.15, 0.2) is 35.4 Å². The van der Waals surface area contributed by atoms with Gasteiger partial charge in [-0.3, -0.25) is 19.3 Å². The molecule has 0 spiro atoms. The third kappa shape index (κ3) is 6.23. The number of carbonyl (C=O) groups excluding carboxylic acids is 3. The van der Waals surface area contributed by atoms with Gasteiger partial charge in [-0.05, 0) is 23.5 Å². The van der Waals surface area contributed by atoms with Crippen LogP contribution in [0, 0.1) is 5.41 Å². The molecule has 0 aliphatic carbocycles. The second kappa shape index (κ2) is 9.41. The molecular formula is C22H30N2O3S. The number of nitrogens with zero attached hydrogens (tertiary/aromatic N) is 1. The lowest BCUT2D eigenvalue weighted by molar-refractivity contribution is -0.131. The monoisotopic (exact) mass is 402 g/mol. The van der Waals surface area contributed by atoms with Gasteiger partial charge in [0.2, 0.25) is 11.8 Å². The van der Waals surface area contributed by atoms with Gasteiger partial charge >= 0.3 is 0 Å². The fourth-order valence-electron chi connectivity index (χ4n) is 2.64. The number of thioether (sulfide) groups is 1. The summed E-state index contributed by atoms with van der Waals surface area (Å²) in [6.07, 6.45) is 2.22. The van der Waals surface area contributed by atoms with Gasteiger partial charge in [0, 0.05) is 18.0 Å². The molecule has 2 amide bonds. The summed E-state index contributed by atoms with van der Waals surface area (Å²) in [5.74, 6) is 0.344. The van der Waals surface area contributed by atoms with Crippen molar-refractivity contribution in [2.45, 2.75) is 47.0 Å². The SMILES string of the molecule is CC(C)c1ccc(CCNC(=O)CN2C(=O)CS/C2=C\C(=O)C(C)(C)C)cc1. The first-order chi connectivity index (χ1) is 13.1. The molecule has 0 atom stereocenters. The molecule has 2 rings (SSSR count). The Morgan fingerprint density at radius 1 is 1.21 bits per heavy atom. The Hall–Kier alpha value is -2.08. The molecule has 0 saturated carbocycles. The fraction of sp³-hybridized carbons (Fsp3) is 0.500. The molecule has 1 aromatic carbocycles. The number of amides is 2. The molecule has 0 bridgehead atoms. The largest absolute Gasteiger partial charge is 0.354 e. The highest BCUT2D eigenvalue weighted by Crippen LogP contribution is 2.30. The molecule has 28 heavy (non-hydrogen) atoms. The smallest absolute Gasteiger partial charge is 0.240 e. The number of carbonyl (C=O) groups is 3. The third-order valence-corrected chi connectivity index (χ3v) is 5.61. The lowest BCUT2D eigenvalue weighted by atomic mass is 9.91. The van der Waals surface area contributed by atoms with Crippen molar-refractivity contribution < 1.29 is 14.4 Å². The van der Waals surface area contributed by atoms with Crippen LogP contribution in [0.4, 0.5) is 0 Å². The van der Waals surface area contributed by atoms with Gasteiger partial charge in [-0.15, -0.1) is 0 Å². The van der Waals surface area contributed by atoms with Gasteiger partial charge in [0.15, 0.2) is 5.78 Å². The Morgan fingerprint density at radius 3 is 2.43 bits per heavy atom. The Balaban J connectivity index is 1.87. The number of hydrogen-bond acceptors (Lipinski definition) is 4. The third-order valence-electron chi connectivity index (χ3n) is 4.59. The maximum absolute atomic E-state index is 12.3. The first-order valence-corrected chi connectivity index (χ1v) is 10.6. The van der Waals surface area contributed by atoms with Crippen LogP contribution in [0.1, 0.15) is 51.7 Å². The summed E-state index contributed by atoms with van der Waals surface area (Å²) < 4.78 is 0. The van der Waals surface area contributed by atoms with Crippen molar-refractivity contribution in [1.29, 1.82) is 0 Å². The van der Waals surface area contributed by atoms with Crippen LogP contribution in [-0.4, -0.2) is 41.3 Å². The standard InChI is InChI=1S/C22H30N2O3S/c1-15(2)17-8-6-16(7-9-17)10-11-23-19(26)13-24-20(27)14-28-21(24)12-18(25)22(3,4)5/h6-9,12,15H,10-11,13-14H2,1-5H3,(H,23,26)/b21-12-. The molecule has 1 heterocycles. The highest BCUT2D eigenvalue weighted by atomic mass is 32.2. The van der Waals surface area contributed by atoms with E-state index in [-0.39, 0.29) is 29.9 Å². The number of nitrogens with one attached hydrogen (secondary N) is 1. The Kier molecular flexibility index (Phi) is 7.47. The fourth-order valence-corrected chi connectivity index (χ4v) is 3.58. The Morgan fingerprint density at radius 2 is 1.86 bits per heavy atom. The van der Waals surface area contributed by atoms with E-state index in [1.807, 2.05) is 20.8 Å². The average Bonchev–Trinajstić information content (AvgIpc) is 2.94. The zero-order valence-corrected chi connectivity index (χ0v) is 18.2. The van der Waals surface area contributed by atoms with Gasteiger partial charge in [-0.2, -0.15) is 0 Å². The van der Waals surface area contributed by atoms with Crippen molar-refractivity contribution in [1.82, 2.24) is 10.2 Å². The molecule has 1 N–H and O–H groups in total. The van der Waals surface area contributed by atoms with Gasteiger partial charge in [0.05, 0.1) is 10.8 Å².